The van der Waals surface area contributed by atoms with E-state index in [1.54, 1.807) is 0 Å². The highest BCUT2D eigenvalue weighted by Gasteiger charge is 2.34. The first-order valence-corrected chi connectivity index (χ1v) is 6.89. The van der Waals surface area contributed by atoms with Gasteiger partial charge in [0.15, 0.2) is 18.3 Å². The van der Waals surface area contributed by atoms with E-state index in [1.807, 2.05) is 0 Å². The maximum absolute atomic E-state index is 10.2. The normalized spacial score (nSPS) is 16.2. The Balaban J connectivity index is 0. The Bertz CT molecular complexity index is 456. The number of aliphatic hydroxyl groups is 4. The number of nitrogens with zero attached hydrogens (tertiary/aromatic N) is 1. The van der Waals surface area contributed by atoms with Gasteiger partial charge in [0, 0.05) is 6.54 Å². The highest BCUT2D eigenvalue weighted by atomic mass is 16.4. The Morgan fingerprint density at radius 2 is 1.52 bits per heavy atom. The van der Waals surface area contributed by atoms with Crippen LogP contribution in [0, 0.1) is 0 Å². The summed E-state index contributed by atoms with van der Waals surface area (Å²) in [5.41, 5.74) is 15.3. The first-order valence-electron chi connectivity index (χ1n) is 6.89. The zero-order chi connectivity index (χ0) is 20.2. The number of hydrogen-bond donors (Lipinski definition) is 9. The summed E-state index contributed by atoms with van der Waals surface area (Å²) in [6.07, 6.45) is -7.44. The molecular formula is C12H24N4O9. The number of aliphatic imine (C=N–C) groups is 1. The molecule has 0 unspecified atom stereocenters. The maximum Gasteiger partial charge on any atom is 0.335 e. The minimum Gasteiger partial charge on any atom is -0.480 e. The van der Waals surface area contributed by atoms with Crippen LogP contribution < -0.4 is 17.2 Å². The number of carbonyl (C=O) groups is 3. The van der Waals surface area contributed by atoms with E-state index in [0.29, 0.717) is 19.4 Å². The van der Waals surface area contributed by atoms with Gasteiger partial charge in [-0.05, 0) is 12.8 Å². The lowest BCUT2D eigenvalue weighted by Crippen LogP contribution is -2.48. The SMILES string of the molecule is NC(N)=NCCC[C@H](N)C(=O)O.O=C[C@H](O)[C@@H](O)[C@H](O)[C@H](O)C(=O)O. The van der Waals surface area contributed by atoms with Crippen LogP contribution in [0.2, 0.25) is 0 Å². The number of nitrogens with two attached hydrogens (primary N) is 3. The van der Waals surface area contributed by atoms with Gasteiger partial charge in [0.2, 0.25) is 0 Å². The second-order valence-electron chi connectivity index (χ2n) is 4.78. The standard InChI is InChI=1S/C6H14N4O2.C6H10O7/c7-4(5(11)12)2-1-3-10-6(8)9;7-1-2(8)3(9)4(10)5(11)6(12)13/h4H,1-3,7H2,(H,11,12)(H4,8,9,10);1-5,8-11H,(H,12,13)/t4-;2-,3+,4-,5-/m00/s1. The molecule has 13 nitrogen and oxygen atoms in total. The van der Waals surface area contributed by atoms with E-state index in [2.05, 4.69) is 4.99 Å². The third kappa shape index (κ3) is 11.8. The molecule has 0 aromatic rings. The van der Waals surface area contributed by atoms with E-state index in [0.717, 1.165) is 0 Å². The van der Waals surface area contributed by atoms with E-state index in [4.69, 9.17) is 47.8 Å². The minimum absolute atomic E-state index is 0.0129. The summed E-state index contributed by atoms with van der Waals surface area (Å²) < 4.78 is 0. The van der Waals surface area contributed by atoms with Gasteiger partial charge in [0.25, 0.3) is 0 Å². The monoisotopic (exact) mass is 368 g/mol. The predicted octanol–water partition coefficient (Wildman–Crippen LogP) is -4.83. The number of aliphatic carboxylic acids is 2. The van der Waals surface area contributed by atoms with E-state index in [9.17, 15) is 14.4 Å². The molecular weight excluding hydrogens is 344 g/mol. The third-order valence-electron chi connectivity index (χ3n) is 2.70. The molecule has 5 atom stereocenters. The van der Waals surface area contributed by atoms with Gasteiger partial charge >= 0.3 is 11.9 Å². The molecule has 0 amide bonds. The van der Waals surface area contributed by atoms with Crippen LogP contribution in [-0.2, 0) is 14.4 Å². The van der Waals surface area contributed by atoms with Crippen molar-refractivity contribution in [2.75, 3.05) is 6.54 Å². The molecule has 146 valence electrons. The summed E-state index contributed by atoms with van der Waals surface area (Å²) in [5.74, 6) is -2.75. The highest BCUT2D eigenvalue weighted by Crippen LogP contribution is 2.03. The van der Waals surface area contributed by atoms with E-state index < -0.39 is 42.4 Å². The van der Waals surface area contributed by atoms with Gasteiger partial charge < -0.3 is 52.6 Å². The molecule has 25 heavy (non-hydrogen) atoms. The topological polar surface area (TPSA) is 263 Å². The zero-order valence-electron chi connectivity index (χ0n) is 13.2. The van der Waals surface area contributed by atoms with E-state index in [-0.39, 0.29) is 12.2 Å². The van der Waals surface area contributed by atoms with Crippen molar-refractivity contribution in [1.82, 2.24) is 0 Å². The number of guanidine groups is 1. The van der Waals surface area contributed by atoms with Crippen LogP contribution in [0.15, 0.2) is 4.99 Å². The number of rotatable bonds is 10. The lowest BCUT2D eigenvalue weighted by atomic mass is 10.0. The van der Waals surface area contributed by atoms with Crippen molar-refractivity contribution >= 4 is 24.2 Å². The van der Waals surface area contributed by atoms with Crippen LogP contribution in [0.1, 0.15) is 12.8 Å². The molecule has 0 saturated heterocycles. The molecule has 0 rings (SSSR count). The van der Waals surface area contributed by atoms with E-state index >= 15 is 0 Å². The Morgan fingerprint density at radius 3 is 1.88 bits per heavy atom. The number of hydrogen-bond acceptors (Lipinski definition) is 9. The van der Waals surface area contributed by atoms with Gasteiger partial charge in [-0.25, -0.2) is 4.79 Å². The molecule has 0 aromatic carbocycles. The highest BCUT2D eigenvalue weighted by molar-refractivity contribution is 5.75. The molecule has 0 bridgehead atoms. The Hall–Kier alpha value is -2.32. The first-order chi connectivity index (χ1) is 11.4. The third-order valence-corrected chi connectivity index (χ3v) is 2.70. The zero-order valence-corrected chi connectivity index (χ0v) is 13.2. The van der Waals surface area contributed by atoms with Gasteiger partial charge in [-0.3, -0.25) is 9.79 Å². The van der Waals surface area contributed by atoms with Crippen molar-refractivity contribution in [2.24, 2.45) is 22.2 Å². The minimum atomic E-state index is -2.25. The van der Waals surface area contributed by atoms with Crippen molar-refractivity contribution in [2.45, 2.75) is 43.3 Å². The van der Waals surface area contributed by atoms with Crippen molar-refractivity contribution in [3.8, 4) is 0 Å². The largest absolute Gasteiger partial charge is 0.480 e. The summed E-state index contributed by atoms with van der Waals surface area (Å²) in [6.45, 7) is 0.420. The Labute approximate surface area is 142 Å². The maximum atomic E-state index is 10.2. The summed E-state index contributed by atoms with van der Waals surface area (Å²) in [7, 11) is 0. The number of aldehydes is 1. The molecule has 0 aliphatic heterocycles. The van der Waals surface area contributed by atoms with Gasteiger partial charge in [0.05, 0.1) is 0 Å². The molecule has 12 N–H and O–H groups in total. The lowest BCUT2D eigenvalue weighted by Gasteiger charge is -2.21. The van der Waals surface area contributed by atoms with Crippen molar-refractivity contribution in [3.63, 3.8) is 0 Å². The number of aliphatic hydroxyl groups excluding tert-OH is 4. The Morgan fingerprint density at radius 1 is 1.00 bits per heavy atom. The number of carbonyl (C=O) groups excluding carboxylic acids is 1. The van der Waals surface area contributed by atoms with Crippen molar-refractivity contribution < 1.29 is 45.0 Å². The first kappa shape index (κ1) is 24.9. The van der Waals surface area contributed by atoms with Gasteiger partial charge in [-0.2, -0.15) is 0 Å². The Kier molecular flexibility index (Phi) is 13.0. The second-order valence-corrected chi connectivity index (χ2v) is 4.78. The summed E-state index contributed by atoms with van der Waals surface area (Å²) in [5, 5.41) is 51.6. The lowest BCUT2D eigenvalue weighted by molar-refractivity contribution is -0.163. The molecule has 0 saturated carbocycles. The molecule has 0 aliphatic carbocycles. The van der Waals surface area contributed by atoms with Gasteiger partial charge in [0.1, 0.15) is 24.4 Å². The quantitative estimate of drug-likeness (QED) is 0.0760. The molecule has 0 radical (unpaired) electrons. The van der Waals surface area contributed by atoms with Crippen LogP contribution >= 0.6 is 0 Å². The van der Waals surface area contributed by atoms with Crippen LogP contribution in [0.5, 0.6) is 0 Å². The molecule has 0 fully saturated rings. The summed E-state index contributed by atoms with van der Waals surface area (Å²) >= 11 is 0. The molecule has 0 aliphatic rings. The summed E-state index contributed by atoms with van der Waals surface area (Å²) in [4.78, 5) is 33.9. The van der Waals surface area contributed by atoms with Crippen molar-refractivity contribution in [1.29, 1.82) is 0 Å². The van der Waals surface area contributed by atoms with Gasteiger partial charge in [-0.1, -0.05) is 0 Å². The molecule has 13 heteroatoms. The number of carboxylic acids is 2. The fraction of sp³-hybridized carbons (Fsp3) is 0.667. The predicted molar refractivity (Wildman–Crippen MR) is 83.2 cm³/mol. The van der Waals surface area contributed by atoms with Crippen LogP contribution in [0.3, 0.4) is 0 Å². The van der Waals surface area contributed by atoms with Gasteiger partial charge in [-0.15, -0.1) is 0 Å². The molecule has 0 aromatic heterocycles. The average Bonchev–Trinajstić information content (AvgIpc) is 2.55. The summed E-state index contributed by atoms with van der Waals surface area (Å²) in [6, 6.07) is -0.820. The molecule has 0 heterocycles. The number of carboxylic acid groups (broad SMARTS) is 2. The second kappa shape index (κ2) is 13.0. The van der Waals surface area contributed by atoms with Crippen LogP contribution in [0.4, 0.5) is 0 Å². The van der Waals surface area contributed by atoms with Crippen LogP contribution in [-0.4, -0.2) is 91.8 Å². The van der Waals surface area contributed by atoms with Crippen molar-refractivity contribution in [3.05, 3.63) is 0 Å². The smallest absolute Gasteiger partial charge is 0.335 e. The molecule has 0 spiro atoms. The fourth-order valence-electron chi connectivity index (χ4n) is 1.26. The average molecular weight is 368 g/mol. The van der Waals surface area contributed by atoms with E-state index in [1.165, 1.54) is 0 Å². The van der Waals surface area contributed by atoms with Crippen LogP contribution in [0.25, 0.3) is 0 Å². The fourth-order valence-corrected chi connectivity index (χ4v) is 1.26.